The number of hydrogen-bond donors (Lipinski definition) is 1. The van der Waals surface area contributed by atoms with E-state index < -0.39 is 16.9 Å². The number of rotatable bonds is 2. The first-order chi connectivity index (χ1) is 8.88. The van der Waals surface area contributed by atoms with Gasteiger partial charge in [-0.2, -0.15) is 13.2 Å². The summed E-state index contributed by atoms with van der Waals surface area (Å²) in [7, 11) is 0. The quantitative estimate of drug-likeness (QED) is 0.846. The molecule has 2 heterocycles. The number of pyridine rings is 1. The second kappa shape index (κ2) is 4.35. The van der Waals surface area contributed by atoms with Crippen molar-refractivity contribution in [1.82, 2.24) is 10.3 Å². The molecule has 0 unspecified atom stereocenters. The van der Waals surface area contributed by atoms with Crippen molar-refractivity contribution in [2.45, 2.75) is 25.4 Å². The molecule has 1 aromatic rings. The van der Waals surface area contributed by atoms with Crippen LogP contribution in [0.1, 0.15) is 24.1 Å². The Labute approximate surface area is 114 Å². The zero-order valence-electron chi connectivity index (χ0n) is 10.2. The number of alkyl halides is 3. The lowest BCUT2D eigenvalue weighted by Crippen LogP contribution is -2.60. The molecule has 1 saturated carbocycles. The Morgan fingerprint density at radius 1 is 1.32 bits per heavy atom. The lowest BCUT2D eigenvalue weighted by molar-refractivity contribution is -0.137. The van der Waals surface area contributed by atoms with Crippen molar-refractivity contribution in [3.8, 4) is 0 Å². The summed E-state index contributed by atoms with van der Waals surface area (Å²) in [4.78, 5) is 3.88. The lowest BCUT2D eigenvalue weighted by atomic mass is 9.57. The van der Waals surface area contributed by atoms with E-state index in [0.29, 0.717) is 17.0 Å². The van der Waals surface area contributed by atoms with Gasteiger partial charge in [-0.3, -0.25) is 0 Å². The summed E-state index contributed by atoms with van der Waals surface area (Å²) in [6.07, 6.45) is -1.43. The summed E-state index contributed by atoms with van der Waals surface area (Å²) < 4.78 is 37.6. The van der Waals surface area contributed by atoms with Gasteiger partial charge in [-0.15, -0.1) is 0 Å². The van der Waals surface area contributed by atoms with Gasteiger partial charge in [0, 0.05) is 18.8 Å². The van der Waals surface area contributed by atoms with Gasteiger partial charge in [-0.1, -0.05) is 11.6 Å². The van der Waals surface area contributed by atoms with Crippen LogP contribution in [0.2, 0.25) is 5.15 Å². The molecule has 3 rings (SSSR count). The van der Waals surface area contributed by atoms with Gasteiger partial charge in [0.25, 0.3) is 0 Å². The molecule has 0 atom stereocenters. The highest BCUT2D eigenvalue weighted by atomic mass is 35.5. The topological polar surface area (TPSA) is 24.9 Å². The normalized spacial score (nSPS) is 22.1. The molecule has 19 heavy (non-hydrogen) atoms. The van der Waals surface area contributed by atoms with Crippen molar-refractivity contribution in [3.05, 3.63) is 28.5 Å². The third-order valence-electron chi connectivity index (χ3n) is 4.15. The molecule has 104 valence electrons. The van der Waals surface area contributed by atoms with E-state index in [4.69, 9.17) is 11.6 Å². The molecule has 1 aliphatic carbocycles. The highest BCUT2D eigenvalue weighted by Crippen LogP contribution is 2.49. The van der Waals surface area contributed by atoms with Crippen LogP contribution >= 0.6 is 11.6 Å². The predicted octanol–water partition coefficient (Wildman–Crippen LogP) is 3.30. The minimum absolute atomic E-state index is 0.440. The van der Waals surface area contributed by atoms with Crippen LogP contribution in [-0.2, 0) is 12.6 Å². The van der Waals surface area contributed by atoms with E-state index in [-0.39, 0.29) is 0 Å². The Kier molecular flexibility index (Phi) is 3.02. The van der Waals surface area contributed by atoms with Crippen molar-refractivity contribution in [3.63, 3.8) is 0 Å². The fourth-order valence-corrected chi connectivity index (χ4v) is 3.45. The number of aromatic nitrogens is 1. The fourth-order valence-electron chi connectivity index (χ4n) is 3.17. The Hall–Kier alpha value is -0.810. The molecule has 1 N–H and O–H groups in total. The maximum absolute atomic E-state index is 12.5. The molecule has 1 spiro atoms. The fraction of sp³-hybridized carbons (Fsp3) is 0.615. The molecule has 2 fully saturated rings. The highest BCUT2D eigenvalue weighted by Gasteiger charge is 2.48. The SMILES string of the molecule is FC(F)(F)c1ccc(CC2CC3(CNC3)C2)nc1Cl. The van der Waals surface area contributed by atoms with Crippen LogP contribution in [0, 0.1) is 11.3 Å². The van der Waals surface area contributed by atoms with E-state index in [2.05, 4.69) is 10.3 Å². The molecule has 0 radical (unpaired) electrons. The van der Waals surface area contributed by atoms with E-state index in [1.165, 1.54) is 6.07 Å². The summed E-state index contributed by atoms with van der Waals surface area (Å²) in [5.74, 6) is 0.530. The maximum Gasteiger partial charge on any atom is 0.419 e. The molecule has 0 amide bonds. The summed E-state index contributed by atoms with van der Waals surface area (Å²) in [6, 6.07) is 2.47. The molecule has 6 heteroatoms. The van der Waals surface area contributed by atoms with Crippen molar-refractivity contribution in [2.75, 3.05) is 13.1 Å². The van der Waals surface area contributed by atoms with Crippen LogP contribution < -0.4 is 5.32 Å². The molecule has 0 bridgehead atoms. The first kappa shape index (κ1) is 13.2. The van der Waals surface area contributed by atoms with Gasteiger partial charge in [-0.25, -0.2) is 4.98 Å². The Morgan fingerprint density at radius 2 is 2.00 bits per heavy atom. The van der Waals surface area contributed by atoms with Gasteiger partial charge < -0.3 is 5.32 Å². The molecular formula is C13H14ClF3N2. The van der Waals surface area contributed by atoms with E-state index in [0.717, 1.165) is 38.4 Å². The molecule has 1 aliphatic heterocycles. The van der Waals surface area contributed by atoms with Crippen molar-refractivity contribution in [2.24, 2.45) is 11.3 Å². The van der Waals surface area contributed by atoms with Crippen LogP contribution in [0.5, 0.6) is 0 Å². The average Bonchev–Trinajstić information content (AvgIpc) is 2.18. The average molecular weight is 291 g/mol. The largest absolute Gasteiger partial charge is 0.419 e. The van der Waals surface area contributed by atoms with E-state index in [1.807, 2.05) is 0 Å². The van der Waals surface area contributed by atoms with Crippen molar-refractivity contribution >= 4 is 11.6 Å². The van der Waals surface area contributed by atoms with Gasteiger partial charge >= 0.3 is 6.18 Å². The number of halogens is 4. The second-order valence-electron chi connectivity index (χ2n) is 5.72. The number of hydrogen-bond acceptors (Lipinski definition) is 2. The third-order valence-corrected chi connectivity index (χ3v) is 4.44. The molecule has 2 aliphatic rings. The van der Waals surface area contributed by atoms with E-state index >= 15 is 0 Å². The maximum atomic E-state index is 12.5. The van der Waals surface area contributed by atoms with Crippen LogP contribution in [0.25, 0.3) is 0 Å². The Morgan fingerprint density at radius 3 is 2.47 bits per heavy atom. The van der Waals surface area contributed by atoms with E-state index in [9.17, 15) is 13.2 Å². The molecule has 2 nitrogen and oxygen atoms in total. The second-order valence-corrected chi connectivity index (χ2v) is 6.08. The molecule has 1 aromatic heterocycles. The van der Waals surface area contributed by atoms with Crippen molar-refractivity contribution < 1.29 is 13.2 Å². The van der Waals surface area contributed by atoms with Gasteiger partial charge in [0.1, 0.15) is 5.15 Å². The van der Waals surface area contributed by atoms with Gasteiger partial charge in [0.2, 0.25) is 0 Å². The molecule has 0 aromatic carbocycles. The lowest BCUT2D eigenvalue weighted by Gasteiger charge is -2.54. The van der Waals surface area contributed by atoms with Crippen LogP contribution in [0.3, 0.4) is 0 Å². The monoisotopic (exact) mass is 290 g/mol. The minimum atomic E-state index is -4.43. The third kappa shape index (κ3) is 2.46. The summed E-state index contributed by atoms with van der Waals surface area (Å²) in [5.41, 5.74) is 0.275. The van der Waals surface area contributed by atoms with Gasteiger partial charge in [0.05, 0.1) is 5.56 Å². The summed E-state index contributed by atoms with van der Waals surface area (Å²) in [5, 5.41) is 2.82. The van der Waals surface area contributed by atoms with Gasteiger partial charge in [0.15, 0.2) is 0 Å². The zero-order valence-corrected chi connectivity index (χ0v) is 11.0. The number of nitrogens with one attached hydrogen (secondary N) is 1. The van der Waals surface area contributed by atoms with Crippen LogP contribution in [0.4, 0.5) is 13.2 Å². The summed E-state index contributed by atoms with van der Waals surface area (Å²) in [6.45, 7) is 2.15. The van der Waals surface area contributed by atoms with Crippen LogP contribution in [0.15, 0.2) is 12.1 Å². The highest BCUT2D eigenvalue weighted by molar-refractivity contribution is 6.30. The van der Waals surface area contributed by atoms with Gasteiger partial charge in [-0.05, 0) is 42.7 Å². The smallest absolute Gasteiger partial charge is 0.316 e. The first-order valence-electron chi connectivity index (χ1n) is 6.31. The molecular weight excluding hydrogens is 277 g/mol. The first-order valence-corrected chi connectivity index (χ1v) is 6.69. The Balaban J connectivity index is 1.65. The summed E-state index contributed by atoms with van der Waals surface area (Å²) >= 11 is 5.61. The zero-order chi connectivity index (χ0) is 13.7. The standard InChI is InChI=1S/C13H14ClF3N2/c14-11-10(13(15,16)17)2-1-9(19-11)3-8-4-12(5-8)6-18-7-12/h1-2,8,18H,3-7H2. The van der Waals surface area contributed by atoms with Crippen LogP contribution in [-0.4, -0.2) is 18.1 Å². The molecule has 1 saturated heterocycles. The minimum Gasteiger partial charge on any atom is -0.316 e. The predicted molar refractivity (Wildman–Crippen MR) is 66.0 cm³/mol. The Bertz CT molecular complexity index is 489. The number of nitrogens with zero attached hydrogens (tertiary/aromatic N) is 1. The van der Waals surface area contributed by atoms with E-state index in [1.54, 1.807) is 0 Å². The van der Waals surface area contributed by atoms with Crippen molar-refractivity contribution in [1.29, 1.82) is 0 Å².